The van der Waals surface area contributed by atoms with Crippen LogP contribution < -0.4 is 5.32 Å². The normalized spacial score (nSPS) is 17.4. The minimum absolute atomic E-state index is 0.239. The van der Waals surface area contributed by atoms with E-state index in [0.29, 0.717) is 17.3 Å². The molecule has 0 aliphatic carbocycles. The third-order valence-electron chi connectivity index (χ3n) is 3.28. The average Bonchev–Trinajstić information content (AvgIpc) is 2.38. The molecule has 3 nitrogen and oxygen atoms in total. The second-order valence-electron chi connectivity index (χ2n) is 4.62. The molecule has 1 aromatic carbocycles. The van der Waals surface area contributed by atoms with E-state index in [1.165, 1.54) is 0 Å². The first-order valence-corrected chi connectivity index (χ1v) is 6.74. The summed E-state index contributed by atoms with van der Waals surface area (Å²) in [7, 11) is 2.09. The van der Waals surface area contributed by atoms with Crippen molar-refractivity contribution >= 4 is 21.6 Å². The number of rotatable bonds is 2. The van der Waals surface area contributed by atoms with Gasteiger partial charge in [0.25, 0.3) is 0 Å². The van der Waals surface area contributed by atoms with Crippen molar-refractivity contribution in [3.05, 3.63) is 28.0 Å². The fraction of sp³-hybridized carbons (Fsp3) is 0.462. The highest BCUT2D eigenvalue weighted by Crippen LogP contribution is 2.28. The Bertz CT molecular complexity index is 476. The van der Waals surface area contributed by atoms with Crippen LogP contribution in [0.5, 0.6) is 0 Å². The molecule has 1 aliphatic rings. The lowest BCUT2D eigenvalue weighted by Crippen LogP contribution is -2.36. The molecule has 2 rings (SSSR count). The molecular formula is C13H15BrFN3. The minimum atomic E-state index is -0.382. The number of anilines is 1. The average molecular weight is 312 g/mol. The Labute approximate surface area is 115 Å². The standard InChI is InChI=1S/C13H15BrFN3/c1-18-6-4-10(5-7-18)17-11-3-2-9(8-16)12(14)13(11)15/h2-3,10,17H,4-7H2,1H3. The summed E-state index contributed by atoms with van der Waals surface area (Å²) < 4.78 is 14.2. The molecule has 96 valence electrons. The molecule has 1 aliphatic heterocycles. The molecule has 18 heavy (non-hydrogen) atoms. The quantitative estimate of drug-likeness (QED) is 0.912. The lowest BCUT2D eigenvalue weighted by Gasteiger charge is -2.30. The maximum atomic E-state index is 14.0. The van der Waals surface area contributed by atoms with E-state index in [-0.39, 0.29) is 10.3 Å². The number of nitrogens with one attached hydrogen (secondary N) is 1. The molecular weight excluding hydrogens is 297 g/mol. The molecule has 1 saturated heterocycles. The van der Waals surface area contributed by atoms with Crippen LogP contribution in [-0.2, 0) is 0 Å². The Hall–Kier alpha value is -1.12. The summed E-state index contributed by atoms with van der Waals surface area (Å²) >= 11 is 3.12. The van der Waals surface area contributed by atoms with E-state index in [2.05, 4.69) is 33.2 Å². The molecule has 0 radical (unpaired) electrons. The van der Waals surface area contributed by atoms with Gasteiger partial charge >= 0.3 is 0 Å². The molecule has 0 saturated carbocycles. The largest absolute Gasteiger partial charge is 0.380 e. The molecule has 1 N–H and O–H groups in total. The Morgan fingerprint density at radius 3 is 2.72 bits per heavy atom. The smallest absolute Gasteiger partial charge is 0.161 e. The molecule has 0 atom stereocenters. The van der Waals surface area contributed by atoms with Gasteiger partial charge in [-0.25, -0.2) is 4.39 Å². The fourth-order valence-electron chi connectivity index (χ4n) is 2.12. The van der Waals surface area contributed by atoms with E-state index in [9.17, 15) is 4.39 Å². The van der Waals surface area contributed by atoms with Gasteiger partial charge in [0.15, 0.2) is 5.82 Å². The van der Waals surface area contributed by atoms with Crippen LogP contribution >= 0.6 is 15.9 Å². The van der Waals surface area contributed by atoms with Gasteiger partial charge in [-0.2, -0.15) is 5.26 Å². The number of piperidine rings is 1. The monoisotopic (exact) mass is 311 g/mol. The Morgan fingerprint density at radius 1 is 1.44 bits per heavy atom. The summed E-state index contributed by atoms with van der Waals surface area (Å²) in [5.41, 5.74) is 0.789. The van der Waals surface area contributed by atoms with Crippen molar-refractivity contribution in [3.8, 4) is 6.07 Å². The van der Waals surface area contributed by atoms with E-state index >= 15 is 0 Å². The van der Waals surface area contributed by atoms with E-state index < -0.39 is 0 Å². The SMILES string of the molecule is CN1CCC(Nc2ccc(C#N)c(Br)c2F)CC1. The second-order valence-corrected chi connectivity index (χ2v) is 5.42. The van der Waals surface area contributed by atoms with Crippen LogP contribution in [0, 0.1) is 17.1 Å². The van der Waals surface area contributed by atoms with Gasteiger partial charge in [-0.15, -0.1) is 0 Å². The van der Waals surface area contributed by atoms with E-state index in [1.54, 1.807) is 12.1 Å². The summed E-state index contributed by atoms with van der Waals surface area (Å²) in [6.07, 6.45) is 2.02. The van der Waals surface area contributed by atoms with Crippen LogP contribution in [-0.4, -0.2) is 31.1 Å². The van der Waals surface area contributed by atoms with Crippen molar-refractivity contribution in [3.63, 3.8) is 0 Å². The van der Waals surface area contributed by atoms with Gasteiger partial charge in [-0.3, -0.25) is 0 Å². The van der Waals surface area contributed by atoms with Gasteiger partial charge in [0.2, 0.25) is 0 Å². The highest BCUT2D eigenvalue weighted by molar-refractivity contribution is 9.10. The highest BCUT2D eigenvalue weighted by atomic mass is 79.9. The van der Waals surface area contributed by atoms with E-state index in [0.717, 1.165) is 25.9 Å². The molecule has 0 amide bonds. The third-order valence-corrected chi connectivity index (χ3v) is 4.06. The molecule has 0 aromatic heterocycles. The first-order chi connectivity index (χ1) is 8.61. The lowest BCUT2D eigenvalue weighted by molar-refractivity contribution is 0.263. The van der Waals surface area contributed by atoms with Gasteiger partial charge in [0.1, 0.15) is 6.07 Å². The predicted octanol–water partition coefficient (Wildman–Crippen LogP) is 2.97. The summed E-state index contributed by atoms with van der Waals surface area (Å²) in [5, 5.41) is 12.0. The van der Waals surface area contributed by atoms with Gasteiger partial charge < -0.3 is 10.2 Å². The van der Waals surface area contributed by atoms with Crippen LogP contribution in [0.25, 0.3) is 0 Å². The molecule has 5 heteroatoms. The summed E-state index contributed by atoms with van der Waals surface area (Å²) in [6, 6.07) is 5.52. The van der Waals surface area contributed by atoms with Crippen molar-refractivity contribution in [2.24, 2.45) is 0 Å². The maximum Gasteiger partial charge on any atom is 0.161 e. The third kappa shape index (κ3) is 2.82. The number of halogens is 2. The van der Waals surface area contributed by atoms with Gasteiger partial charge in [-0.05, 0) is 61.0 Å². The zero-order valence-electron chi connectivity index (χ0n) is 10.2. The maximum absolute atomic E-state index is 14.0. The highest BCUT2D eigenvalue weighted by Gasteiger charge is 2.19. The van der Waals surface area contributed by atoms with Gasteiger partial charge in [0.05, 0.1) is 15.7 Å². The Balaban J connectivity index is 2.11. The van der Waals surface area contributed by atoms with Crippen LogP contribution in [0.4, 0.5) is 10.1 Å². The number of nitriles is 1. The molecule has 0 unspecified atom stereocenters. The van der Waals surface area contributed by atoms with Crippen molar-refractivity contribution in [1.29, 1.82) is 5.26 Å². The van der Waals surface area contributed by atoms with Crippen LogP contribution in [0.3, 0.4) is 0 Å². The van der Waals surface area contributed by atoms with Crippen molar-refractivity contribution < 1.29 is 4.39 Å². The molecule has 0 spiro atoms. The fourth-order valence-corrected chi connectivity index (χ4v) is 2.55. The van der Waals surface area contributed by atoms with E-state index in [1.807, 2.05) is 6.07 Å². The number of nitrogens with zero attached hydrogens (tertiary/aromatic N) is 2. The summed E-state index contributed by atoms with van der Waals surface area (Å²) in [5.74, 6) is -0.382. The van der Waals surface area contributed by atoms with Crippen LogP contribution in [0.2, 0.25) is 0 Å². The number of likely N-dealkylation sites (tertiary alicyclic amines) is 1. The Morgan fingerprint density at radius 2 is 2.11 bits per heavy atom. The van der Waals surface area contributed by atoms with Gasteiger partial charge in [-0.1, -0.05) is 0 Å². The van der Waals surface area contributed by atoms with Crippen molar-refractivity contribution in [2.75, 3.05) is 25.5 Å². The van der Waals surface area contributed by atoms with Crippen LogP contribution in [0.15, 0.2) is 16.6 Å². The van der Waals surface area contributed by atoms with Crippen LogP contribution in [0.1, 0.15) is 18.4 Å². The lowest BCUT2D eigenvalue weighted by atomic mass is 10.0. The Kier molecular flexibility index (Phi) is 4.20. The topological polar surface area (TPSA) is 39.1 Å². The van der Waals surface area contributed by atoms with Crippen molar-refractivity contribution in [1.82, 2.24) is 4.90 Å². The summed E-state index contributed by atoms with van der Waals surface area (Å²) in [6.45, 7) is 2.05. The zero-order chi connectivity index (χ0) is 13.1. The van der Waals surface area contributed by atoms with E-state index in [4.69, 9.17) is 5.26 Å². The molecule has 1 fully saturated rings. The number of hydrogen-bond donors (Lipinski definition) is 1. The van der Waals surface area contributed by atoms with Crippen molar-refractivity contribution in [2.45, 2.75) is 18.9 Å². The molecule has 1 aromatic rings. The molecule has 1 heterocycles. The number of hydrogen-bond acceptors (Lipinski definition) is 3. The number of benzene rings is 1. The first-order valence-electron chi connectivity index (χ1n) is 5.95. The van der Waals surface area contributed by atoms with Gasteiger partial charge in [0, 0.05) is 6.04 Å². The minimum Gasteiger partial charge on any atom is -0.380 e. The predicted molar refractivity (Wildman–Crippen MR) is 73.0 cm³/mol. The summed E-state index contributed by atoms with van der Waals surface area (Å²) in [4.78, 5) is 2.27. The first kappa shape index (κ1) is 13.3. The molecule has 0 bridgehead atoms. The zero-order valence-corrected chi connectivity index (χ0v) is 11.8. The second kappa shape index (κ2) is 5.68.